The Morgan fingerprint density at radius 2 is 1.42 bits per heavy atom. The van der Waals surface area contributed by atoms with Gasteiger partial charge in [0.25, 0.3) is 0 Å². The molecule has 0 spiro atoms. The lowest BCUT2D eigenvalue weighted by atomic mass is 9.84. The van der Waals surface area contributed by atoms with Crippen LogP contribution >= 0.6 is 0 Å². The van der Waals surface area contributed by atoms with Crippen LogP contribution in [0.3, 0.4) is 0 Å². The second-order valence-electron chi connectivity index (χ2n) is 8.87. The monoisotopic (exact) mass is 438 g/mol. The number of fused-ring (bicyclic) bond motifs is 1. The quantitative estimate of drug-likeness (QED) is 0.421. The molecule has 2 aliphatic rings. The molecule has 2 aromatic rings. The maximum atomic E-state index is 13.3. The highest BCUT2D eigenvalue weighted by molar-refractivity contribution is 5.82. The highest BCUT2D eigenvalue weighted by Gasteiger charge is 2.37. The molecule has 0 aliphatic heterocycles. The Morgan fingerprint density at radius 3 is 2.00 bits per heavy atom. The molecule has 0 unspecified atom stereocenters. The zero-order valence-corrected chi connectivity index (χ0v) is 17.3. The summed E-state index contributed by atoms with van der Waals surface area (Å²) in [6, 6.07) is 5.52. The van der Waals surface area contributed by atoms with Gasteiger partial charge in [-0.05, 0) is 66.1 Å². The highest BCUT2D eigenvalue weighted by atomic mass is 19.4. The van der Waals surface area contributed by atoms with Crippen LogP contribution in [-0.4, -0.2) is 0 Å². The predicted octanol–water partition coefficient (Wildman–Crippen LogP) is 8.61. The van der Waals surface area contributed by atoms with Gasteiger partial charge in [0, 0.05) is 0 Å². The molecule has 0 atom stereocenters. The molecular weight excluding hydrogens is 414 g/mol. The van der Waals surface area contributed by atoms with E-state index in [4.69, 9.17) is 0 Å². The van der Waals surface area contributed by atoms with Crippen LogP contribution in [0.25, 0.3) is 17.2 Å². The molecule has 0 amide bonds. The van der Waals surface area contributed by atoms with Crippen molar-refractivity contribution in [1.82, 2.24) is 0 Å². The third-order valence-corrected chi connectivity index (χ3v) is 6.35. The molecule has 1 fully saturated rings. The number of hydrogen-bond acceptors (Lipinski definition) is 0. The summed E-state index contributed by atoms with van der Waals surface area (Å²) in [5.41, 5.74) is 1.61. The fourth-order valence-electron chi connectivity index (χ4n) is 4.93. The van der Waals surface area contributed by atoms with Gasteiger partial charge in [0.05, 0.1) is 11.1 Å². The smallest absolute Gasteiger partial charge is 0.166 e. The maximum absolute atomic E-state index is 13.3. The molecule has 166 valence electrons. The third-order valence-electron chi connectivity index (χ3n) is 6.35. The molecule has 2 aromatic carbocycles. The van der Waals surface area contributed by atoms with Crippen LogP contribution in [0, 0.1) is 12.8 Å². The van der Waals surface area contributed by atoms with Crippen molar-refractivity contribution < 1.29 is 26.3 Å². The van der Waals surface area contributed by atoms with Gasteiger partial charge in [-0.3, -0.25) is 0 Å². The van der Waals surface area contributed by atoms with E-state index in [1.54, 1.807) is 6.07 Å². The molecule has 1 saturated carbocycles. The zero-order chi connectivity index (χ0) is 22.4. The van der Waals surface area contributed by atoms with Crippen LogP contribution in [0.15, 0.2) is 35.9 Å². The van der Waals surface area contributed by atoms with Crippen molar-refractivity contribution in [3.63, 3.8) is 0 Å². The molecule has 2 aliphatic carbocycles. The summed E-state index contributed by atoms with van der Waals surface area (Å²) < 4.78 is 80.1. The Kier molecular flexibility index (Phi) is 5.69. The summed E-state index contributed by atoms with van der Waals surface area (Å²) >= 11 is 0. The topological polar surface area (TPSA) is 0 Å². The van der Waals surface area contributed by atoms with Gasteiger partial charge in [0.15, 0.2) is 0 Å². The Bertz CT molecular complexity index is 972. The minimum absolute atomic E-state index is 0.0442. The third kappa shape index (κ3) is 4.83. The first-order valence-electron chi connectivity index (χ1n) is 10.6. The summed E-state index contributed by atoms with van der Waals surface area (Å²) in [5.74, 6) is 0.615. The van der Waals surface area contributed by atoms with Gasteiger partial charge in [-0.15, -0.1) is 0 Å². The highest BCUT2D eigenvalue weighted by Crippen LogP contribution is 2.43. The van der Waals surface area contributed by atoms with Gasteiger partial charge in [-0.2, -0.15) is 26.3 Å². The van der Waals surface area contributed by atoms with E-state index >= 15 is 0 Å². The van der Waals surface area contributed by atoms with Crippen LogP contribution < -0.4 is 0 Å². The van der Waals surface area contributed by atoms with Crippen LogP contribution in [0.2, 0.25) is 0 Å². The van der Waals surface area contributed by atoms with Crippen molar-refractivity contribution in [1.29, 1.82) is 0 Å². The first-order valence-corrected chi connectivity index (χ1v) is 10.6. The van der Waals surface area contributed by atoms with Crippen molar-refractivity contribution in [3.8, 4) is 11.1 Å². The molecule has 0 aromatic heterocycles. The van der Waals surface area contributed by atoms with E-state index in [-0.39, 0.29) is 11.6 Å². The van der Waals surface area contributed by atoms with Gasteiger partial charge >= 0.3 is 12.4 Å². The Morgan fingerprint density at radius 1 is 0.806 bits per heavy atom. The Balaban J connectivity index is 1.78. The van der Waals surface area contributed by atoms with E-state index in [1.165, 1.54) is 37.7 Å². The summed E-state index contributed by atoms with van der Waals surface area (Å²) in [6.45, 7) is 1.82. The minimum atomic E-state index is -4.86. The lowest BCUT2D eigenvalue weighted by Gasteiger charge is -2.21. The predicted molar refractivity (Wildman–Crippen MR) is 109 cm³/mol. The van der Waals surface area contributed by atoms with Gasteiger partial charge in [-0.1, -0.05) is 61.4 Å². The van der Waals surface area contributed by atoms with Crippen LogP contribution in [0.5, 0.6) is 0 Å². The molecular formula is C25H24F6. The average molecular weight is 438 g/mol. The SMILES string of the molecule is Cc1cc2c(c(-c3cc(C(F)(F)F)cc(C(F)(F)F)c3)c1)C=C(CC1CCCCC1)C2. The first kappa shape index (κ1) is 22.0. The fraction of sp³-hybridized carbons (Fsp3) is 0.440. The number of aryl methyl sites for hydroxylation is 1. The fourth-order valence-corrected chi connectivity index (χ4v) is 4.93. The molecule has 6 heteroatoms. The van der Waals surface area contributed by atoms with E-state index < -0.39 is 23.5 Å². The van der Waals surface area contributed by atoms with Crippen LogP contribution in [0.4, 0.5) is 26.3 Å². The second kappa shape index (κ2) is 8.03. The number of hydrogen-bond donors (Lipinski definition) is 0. The lowest BCUT2D eigenvalue weighted by molar-refractivity contribution is -0.143. The second-order valence-corrected chi connectivity index (χ2v) is 8.87. The van der Waals surface area contributed by atoms with Gasteiger partial charge in [0.1, 0.15) is 0 Å². The van der Waals surface area contributed by atoms with E-state index in [0.29, 0.717) is 17.9 Å². The summed E-state index contributed by atoms with van der Waals surface area (Å²) in [4.78, 5) is 0. The zero-order valence-electron chi connectivity index (χ0n) is 17.3. The average Bonchev–Trinajstić information content (AvgIpc) is 3.08. The van der Waals surface area contributed by atoms with E-state index in [1.807, 2.05) is 19.1 Å². The van der Waals surface area contributed by atoms with Gasteiger partial charge < -0.3 is 0 Å². The van der Waals surface area contributed by atoms with Crippen molar-refractivity contribution in [2.24, 2.45) is 5.92 Å². The molecule has 31 heavy (non-hydrogen) atoms. The lowest BCUT2D eigenvalue weighted by Crippen LogP contribution is -2.11. The number of alkyl halides is 6. The van der Waals surface area contributed by atoms with Gasteiger partial charge in [0.2, 0.25) is 0 Å². The van der Waals surface area contributed by atoms with Crippen LogP contribution in [-0.2, 0) is 18.8 Å². The minimum Gasteiger partial charge on any atom is -0.166 e. The molecule has 0 heterocycles. The molecule has 0 radical (unpaired) electrons. The number of halogens is 6. The maximum Gasteiger partial charge on any atom is 0.416 e. The first-order chi connectivity index (χ1) is 14.5. The summed E-state index contributed by atoms with van der Waals surface area (Å²) in [5, 5.41) is 0. The standard InChI is InChI=1S/C25H24F6/c1-15-7-18-10-17(9-16-5-3-2-4-6-16)11-23(18)22(8-15)19-12-20(24(26,27)28)14-21(13-19)25(29,30)31/h7-8,11-14,16H,2-6,9-10H2,1H3. The van der Waals surface area contributed by atoms with Crippen molar-refractivity contribution >= 4 is 6.08 Å². The molecule has 4 rings (SSSR count). The Labute approximate surface area is 178 Å². The molecule has 0 N–H and O–H groups in total. The van der Waals surface area contributed by atoms with E-state index in [0.717, 1.165) is 35.2 Å². The molecule has 0 bridgehead atoms. The number of rotatable bonds is 3. The molecule has 0 nitrogen and oxygen atoms in total. The van der Waals surface area contributed by atoms with Crippen LogP contribution in [0.1, 0.15) is 66.3 Å². The van der Waals surface area contributed by atoms with Gasteiger partial charge in [-0.25, -0.2) is 0 Å². The largest absolute Gasteiger partial charge is 0.416 e. The molecule has 0 saturated heterocycles. The summed E-state index contributed by atoms with van der Waals surface area (Å²) in [7, 11) is 0. The number of allylic oxidation sites excluding steroid dienone is 1. The summed E-state index contributed by atoms with van der Waals surface area (Å²) in [6.07, 6.45) is 0.0112. The van der Waals surface area contributed by atoms with E-state index in [9.17, 15) is 26.3 Å². The number of benzene rings is 2. The normalized spacial score (nSPS) is 17.6. The Hall–Kier alpha value is -2.24. The van der Waals surface area contributed by atoms with Crippen molar-refractivity contribution in [3.05, 3.63) is 63.7 Å². The van der Waals surface area contributed by atoms with E-state index in [2.05, 4.69) is 0 Å². The van der Waals surface area contributed by atoms with Crippen molar-refractivity contribution in [2.45, 2.75) is 64.2 Å². The van der Waals surface area contributed by atoms with Crippen molar-refractivity contribution in [2.75, 3.05) is 0 Å².